The van der Waals surface area contributed by atoms with Crippen LogP contribution in [0.1, 0.15) is 30.3 Å². The second-order valence-corrected chi connectivity index (χ2v) is 4.47. The average Bonchev–Trinajstić information content (AvgIpc) is 2.89. The van der Waals surface area contributed by atoms with Crippen molar-refractivity contribution in [1.82, 2.24) is 15.5 Å². The van der Waals surface area contributed by atoms with Crippen molar-refractivity contribution in [2.75, 3.05) is 14.2 Å². The van der Waals surface area contributed by atoms with Crippen molar-refractivity contribution in [1.29, 1.82) is 0 Å². The maximum absolute atomic E-state index is 5.47. The maximum Gasteiger partial charge on any atom is 0.228 e. The SMILES string of the molecule is CNC(C)Cc1nc(C(OC)c2ccccc2)no1. The summed E-state index contributed by atoms with van der Waals surface area (Å²) in [5.41, 5.74) is 1.01. The van der Waals surface area contributed by atoms with Gasteiger partial charge in [-0.1, -0.05) is 35.5 Å². The molecule has 0 aliphatic heterocycles. The van der Waals surface area contributed by atoms with Crippen LogP contribution in [0, 0.1) is 0 Å². The predicted octanol–water partition coefficient (Wildman–Crippen LogP) is 1.96. The van der Waals surface area contributed by atoms with Crippen LogP contribution in [0.4, 0.5) is 0 Å². The molecular formula is C14H19N3O2. The highest BCUT2D eigenvalue weighted by Crippen LogP contribution is 2.22. The number of nitrogens with zero attached hydrogens (tertiary/aromatic N) is 2. The number of benzene rings is 1. The lowest BCUT2D eigenvalue weighted by molar-refractivity contribution is 0.126. The normalized spacial score (nSPS) is 14.3. The number of rotatable bonds is 6. The van der Waals surface area contributed by atoms with Crippen LogP contribution in [0.25, 0.3) is 0 Å². The minimum Gasteiger partial charge on any atom is -0.369 e. The Kier molecular flexibility index (Phi) is 4.65. The molecule has 102 valence electrons. The smallest absolute Gasteiger partial charge is 0.228 e. The van der Waals surface area contributed by atoms with Crippen molar-refractivity contribution in [2.24, 2.45) is 0 Å². The van der Waals surface area contributed by atoms with Gasteiger partial charge in [0.15, 0.2) is 0 Å². The Morgan fingerprint density at radius 3 is 2.68 bits per heavy atom. The third kappa shape index (κ3) is 3.39. The first-order valence-electron chi connectivity index (χ1n) is 6.32. The van der Waals surface area contributed by atoms with Gasteiger partial charge in [0.1, 0.15) is 6.10 Å². The van der Waals surface area contributed by atoms with Crippen LogP contribution in [0.15, 0.2) is 34.9 Å². The fraction of sp³-hybridized carbons (Fsp3) is 0.429. The number of likely N-dealkylation sites (N-methyl/N-ethyl adjacent to an activating group) is 1. The summed E-state index contributed by atoms with van der Waals surface area (Å²) < 4.78 is 10.7. The van der Waals surface area contributed by atoms with E-state index < -0.39 is 0 Å². The van der Waals surface area contributed by atoms with Crippen LogP contribution in [0.2, 0.25) is 0 Å². The lowest BCUT2D eigenvalue weighted by atomic mass is 10.1. The fourth-order valence-electron chi connectivity index (χ4n) is 1.84. The van der Waals surface area contributed by atoms with Crippen LogP contribution in [-0.4, -0.2) is 30.3 Å². The Bertz CT molecular complexity index is 498. The number of methoxy groups -OCH3 is 1. The molecule has 0 fully saturated rings. The van der Waals surface area contributed by atoms with E-state index >= 15 is 0 Å². The molecule has 0 radical (unpaired) electrons. The molecule has 0 saturated heterocycles. The topological polar surface area (TPSA) is 60.2 Å². The zero-order valence-corrected chi connectivity index (χ0v) is 11.5. The van der Waals surface area contributed by atoms with Crippen LogP contribution >= 0.6 is 0 Å². The van der Waals surface area contributed by atoms with Gasteiger partial charge in [-0.15, -0.1) is 0 Å². The Balaban J connectivity index is 2.16. The molecule has 0 aliphatic rings. The van der Waals surface area contributed by atoms with E-state index in [9.17, 15) is 0 Å². The van der Waals surface area contributed by atoms with E-state index in [1.165, 1.54) is 0 Å². The highest BCUT2D eigenvalue weighted by Gasteiger charge is 2.20. The van der Waals surface area contributed by atoms with Crippen LogP contribution < -0.4 is 5.32 Å². The predicted molar refractivity (Wildman–Crippen MR) is 71.8 cm³/mol. The molecule has 2 atom stereocenters. The minimum atomic E-state index is -0.288. The van der Waals surface area contributed by atoms with Crippen molar-refractivity contribution in [3.63, 3.8) is 0 Å². The molecule has 5 heteroatoms. The molecule has 2 aromatic rings. The van der Waals surface area contributed by atoms with E-state index in [0.717, 1.165) is 5.56 Å². The zero-order valence-electron chi connectivity index (χ0n) is 11.5. The van der Waals surface area contributed by atoms with Crippen molar-refractivity contribution in [2.45, 2.75) is 25.5 Å². The summed E-state index contributed by atoms with van der Waals surface area (Å²) in [6.07, 6.45) is 0.415. The van der Waals surface area contributed by atoms with Crippen molar-refractivity contribution < 1.29 is 9.26 Å². The standard InChI is InChI=1S/C14H19N3O2/c1-10(15-2)9-12-16-14(17-19-12)13(18-3)11-7-5-4-6-8-11/h4-8,10,13,15H,9H2,1-3H3. The van der Waals surface area contributed by atoms with Gasteiger partial charge in [-0.3, -0.25) is 0 Å². The molecule has 0 saturated carbocycles. The van der Waals surface area contributed by atoms with E-state index in [0.29, 0.717) is 24.2 Å². The van der Waals surface area contributed by atoms with E-state index in [1.54, 1.807) is 7.11 Å². The highest BCUT2D eigenvalue weighted by atomic mass is 16.5. The van der Waals surface area contributed by atoms with E-state index in [2.05, 4.69) is 22.4 Å². The first kappa shape index (κ1) is 13.7. The Labute approximate surface area is 113 Å². The van der Waals surface area contributed by atoms with Gasteiger partial charge in [0.25, 0.3) is 0 Å². The molecule has 2 rings (SSSR count). The summed E-state index contributed by atoms with van der Waals surface area (Å²) in [6.45, 7) is 2.06. The molecule has 19 heavy (non-hydrogen) atoms. The van der Waals surface area contributed by atoms with E-state index in [1.807, 2.05) is 37.4 Å². The molecule has 0 amide bonds. The van der Waals surface area contributed by atoms with Gasteiger partial charge in [-0.2, -0.15) is 4.98 Å². The number of nitrogens with one attached hydrogen (secondary N) is 1. The number of hydrogen-bond acceptors (Lipinski definition) is 5. The molecule has 0 aliphatic carbocycles. The third-order valence-corrected chi connectivity index (χ3v) is 3.03. The summed E-state index contributed by atoms with van der Waals surface area (Å²) in [6, 6.07) is 10.2. The molecule has 0 spiro atoms. The van der Waals surface area contributed by atoms with E-state index in [-0.39, 0.29) is 6.10 Å². The van der Waals surface area contributed by atoms with Crippen LogP contribution in [-0.2, 0) is 11.2 Å². The second kappa shape index (κ2) is 6.45. The molecule has 5 nitrogen and oxygen atoms in total. The lowest BCUT2D eigenvalue weighted by Gasteiger charge is -2.10. The van der Waals surface area contributed by atoms with Gasteiger partial charge in [-0.05, 0) is 19.5 Å². The molecule has 1 aromatic carbocycles. The molecule has 2 unspecified atom stereocenters. The molecule has 1 heterocycles. The van der Waals surface area contributed by atoms with Crippen molar-refractivity contribution in [3.05, 3.63) is 47.6 Å². The summed E-state index contributed by atoms with van der Waals surface area (Å²) in [5.74, 6) is 1.18. The summed E-state index contributed by atoms with van der Waals surface area (Å²) in [5, 5.41) is 7.15. The molecule has 1 N–H and O–H groups in total. The number of hydrogen-bond donors (Lipinski definition) is 1. The van der Waals surface area contributed by atoms with Crippen LogP contribution in [0.5, 0.6) is 0 Å². The fourth-order valence-corrected chi connectivity index (χ4v) is 1.84. The van der Waals surface area contributed by atoms with Gasteiger partial charge < -0.3 is 14.6 Å². The second-order valence-electron chi connectivity index (χ2n) is 4.47. The molecule has 1 aromatic heterocycles. The largest absolute Gasteiger partial charge is 0.369 e. The van der Waals surface area contributed by atoms with Crippen molar-refractivity contribution >= 4 is 0 Å². The lowest BCUT2D eigenvalue weighted by Crippen LogP contribution is -2.23. The Hall–Kier alpha value is -1.72. The van der Waals surface area contributed by atoms with Gasteiger partial charge in [0, 0.05) is 19.6 Å². The number of aromatic nitrogens is 2. The summed E-state index contributed by atoms with van der Waals surface area (Å²) in [7, 11) is 3.55. The number of ether oxygens (including phenoxy) is 1. The first-order valence-corrected chi connectivity index (χ1v) is 6.32. The minimum absolute atomic E-state index is 0.288. The monoisotopic (exact) mass is 261 g/mol. The Morgan fingerprint density at radius 1 is 1.32 bits per heavy atom. The van der Waals surface area contributed by atoms with Crippen LogP contribution in [0.3, 0.4) is 0 Å². The maximum atomic E-state index is 5.47. The molecule has 0 bridgehead atoms. The zero-order chi connectivity index (χ0) is 13.7. The highest BCUT2D eigenvalue weighted by molar-refractivity contribution is 5.22. The molecular weight excluding hydrogens is 242 g/mol. The van der Waals surface area contributed by atoms with E-state index in [4.69, 9.17) is 9.26 Å². The van der Waals surface area contributed by atoms with Crippen molar-refractivity contribution in [3.8, 4) is 0 Å². The summed E-state index contributed by atoms with van der Waals surface area (Å²) >= 11 is 0. The third-order valence-electron chi connectivity index (χ3n) is 3.03. The van der Waals surface area contributed by atoms with Gasteiger partial charge in [-0.25, -0.2) is 0 Å². The first-order chi connectivity index (χ1) is 9.24. The Morgan fingerprint density at radius 2 is 2.05 bits per heavy atom. The van der Waals surface area contributed by atoms with Gasteiger partial charge in [0.2, 0.25) is 11.7 Å². The van der Waals surface area contributed by atoms with Gasteiger partial charge >= 0.3 is 0 Å². The average molecular weight is 261 g/mol. The van der Waals surface area contributed by atoms with Gasteiger partial charge in [0.05, 0.1) is 0 Å². The quantitative estimate of drug-likeness (QED) is 0.861. The summed E-state index contributed by atoms with van der Waals surface area (Å²) in [4.78, 5) is 4.40.